The third-order valence-electron chi connectivity index (χ3n) is 4.53. The number of anilines is 1. The van der Waals surface area contributed by atoms with E-state index in [1.807, 2.05) is 31.3 Å². The molecular weight excluding hydrogens is 320 g/mol. The summed E-state index contributed by atoms with van der Waals surface area (Å²) in [7, 11) is 0. The van der Waals surface area contributed by atoms with Crippen LogP contribution < -0.4 is 4.90 Å². The Morgan fingerprint density at radius 3 is 2.72 bits per heavy atom. The van der Waals surface area contributed by atoms with E-state index in [1.54, 1.807) is 15.4 Å². The number of fused-ring (bicyclic) bond motifs is 1. The van der Waals surface area contributed by atoms with Crippen LogP contribution in [0.1, 0.15) is 5.82 Å². The van der Waals surface area contributed by atoms with Gasteiger partial charge in [-0.15, -0.1) is 15.3 Å². The van der Waals surface area contributed by atoms with Crippen molar-refractivity contribution >= 4 is 11.5 Å². The van der Waals surface area contributed by atoms with Crippen LogP contribution in [0.5, 0.6) is 0 Å². The summed E-state index contributed by atoms with van der Waals surface area (Å²) < 4.78 is 3.54. The lowest BCUT2D eigenvalue weighted by Gasteiger charge is -2.36. The predicted molar refractivity (Wildman–Crippen MR) is 92.4 cm³/mol. The minimum Gasteiger partial charge on any atom is -0.390 e. The van der Waals surface area contributed by atoms with Crippen LogP contribution in [0.15, 0.2) is 30.6 Å². The summed E-state index contributed by atoms with van der Waals surface area (Å²) in [5.41, 5.74) is 0.765. The maximum Gasteiger partial charge on any atom is 0.178 e. The molecule has 132 valence electrons. The zero-order chi connectivity index (χ0) is 17.2. The van der Waals surface area contributed by atoms with Crippen molar-refractivity contribution in [3.63, 3.8) is 0 Å². The lowest BCUT2D eigenvalue weighted by molar-refractivity contribution is 0.0920. The van der Waals surface area contributed by atoms with Crippen LogP contribution in [0.3, 0.4) is 0 Å². The highest BCUT2D eigenvalue weighted by molar-refractivity contribution is 5.46. The Kier molecular flexibility index (Phi) is 4.33. The zero-order valence-corrected chi connectivity index (χ0v) is 14.2. The first-order valence-corrected chi connectivity index (χ1v) is 8.51. The van der Waals surface area contributed by atoms with E-state index in [0.717, 1.165) is 43.5 Å². The molecule has 1 saturated heterocycles. The van der Waals surface area contributed by atoms with Crippen LogP contribution in [0.25, 0.3) is 5.65 Å². The number of aliphatic hydroxyl groups is 1. The van der Waals surface area contributed by atoms with Crippen molar-refractivity contribution in [1.82, 2.24) is 34.5 Å². The largest absolute Gasteiger partial charge is 0.390 e. The molecular formula is C16H22N8O. The van der Waals surface area contributed by atoms with Gasteiger partial charge in [-0.25, -0.2) is 0 Å². The van der Waals surface area contributed by atoms with E-state index in [9.17, 15) is 5.11 Å². The lowest BCUT2D eigenvalue weighted by Crippen LogP contribution is -2.49. The molecule has 0 amide bonds. The number of β-amino-alcohol motifs (C(OH)–C–C–N with tert-alkyl or cyclic N) is 1. The molecule has 9 heteroatoms. The molecule has 0 saturated carbocycles. The second-order valence-electron chi connectivity index (χ2n) is 6.38. The molecule has 0 bridgehead atoms. The van der Waals surface area contributed by atoms with Gasteiger partial charge in [-0.1, -0.05) is 0 Å². The quantitative estimate of drug-likeness (QED) is 0.688. The Morgan fingerprint density at radius 2 is 1.96 bits per heavy atom. The first-order chi connectivity index (χ1) is 12.2. The van der Waals surface area contributed by atoms with E-state index in [2.05, 4.69) is 30.2 Å². The van der Waals surface area contributed by atoms with Gasteiger partial charge in [-0.2, -0.15) is 9.61 Å². The van der Waals surface area contributed by atoms with Crippen LogP contribution in [0.4, 0.5) is 5.82 Å². The molecule has 3 aromatic rings. The summed E-state index contributed by atoms with van der Waals surface area (Å²) in [4.78, 5) is 4.54. The average Bonchev–Trinajstić information content (AvgIpc) is 3.25. The van der Waals surface area contributed by atoms with Crippen molar-refractivity contribution in [2.75, 3.05) is 37.6 Å². The molecule has 4 heterocycles. The molecule has 1 aliphatic rings. The van der Waals surface area contributed by atoms with Crippen LogP contribution in [0.2, 0.25) is 0 Å². The Morgan fingerprint density at radius 1 is 1.12 bits per heavy atom. The number of rotatable bonds is 5. The summed E-state index contributed by atoms with van der Waals surface area (Å²) in [5.74, 6) is 1.73. The molecule has 1 N–H and O–H groups in total. The molecule has 25 heavy (non-hydrogen) atoms. The van der Waals surface area contributed by atoms with E-state index in [4.69, 9.17) is 0 Å². The number of hydrogen-bond acceptors (Lipinski definition) is 7. The second kappa shape index (κ2) is 6.77. The number of aromatic nitrogens is 6. The van der Waals surface area contributed by atoms with Gasteiger partial charge in [-0.05, 0) is 25.1 Å². The van der Waals surface area contributed by atoms with Gasteiger partial charge in [0.2, 0.25) is 0 Å². The molecule has 3 aromatic heterocycles. The molecule has 0 aliphatic carbocycles. The highest BCUT2D eigenvalue weighted by Crippen LogP contribution is 2.15. The SMILES string of the molecule is Cc1nnc2ccc(N3CCN(C[C@@H](O)Cn4cccn4)CC3)nn12. The van der Waals surface area contributed by atoms with E-state index in [0.29, 0.717) is 13.1 Å². The molecule has 1 aliphatic heterocycles. The topological polar surface area (TPSA) is 87.6 Å². The first kappa shape index (κ1) is 16.0. The molecule has 1 fully saturated rings. The number of hydrogen-bond donors (Lipinski definition) is 1. The Bertz CT molecular complexity index is 822. The lowest BCUT2D eigenvalue weighted by atomic mass is 10.2. The first-order valence-electron chi connectivity index (χ1n) is 8.51. The monoisotopic (exact) mass is 342 g/mol. The highest BCUT2D eigenvalue weighted by Gasteiger charge is 2.21. The minimum atomic E-state index is -0.416. The van der Waals surface area contributed by atoms with E-state index in [-0.39, 0.29) is 0 Å². The maximum atomic E-state index is 10.2. The fraction of sp³-hybridized carbons (Fsp3) is 0.500. The minimum absolute atomic E-state index is 0.416. The number of nitrogens with zero attached hydrogens (tertiary/aromatic N) is 8. The van der Waals surface area contributed by atoms with Crippen molar-refractivity contribution in [1.29, 1.82) is 0 Å². The van der Waals surface area contributed by atoms with Crippen molar-refractivity contribution in [2.24, 2.45) is 0 Å². The van der Waals surface area contributed by atoms with Gasteiger partial charge < -0.3 is 10.0 Å². The molecule has 4 rings (SSSR count). The van der Waals surface area contributed by atoms with Gasteiger partial charge in [0, 0.05) is 45.1 Å². The molecule has 0 unspecified atom stereocenters. The number of aryl methyl sites for hydroxylation is 1. The van der Waals surface area contributed by atoms with Crippen molar-refractivity contribution in [2.45, 2.75) is 19.6 Å². The molecule has 1 atom stereocenters. The van der Waals surface area contributed by atoms with Crippen LogP contribution in [0, 0.1) is 6.92 Å². The van der Waals surface area contributed by atoms with E-state index < -0.39 is 6.10 Å². The third-order valence-corrected chi connectivity index (χ3v) is 4.53. The predicted octanol–water partition coefficient (Wildman–Crippen LogP) is -0.188. The van der Waals surface area contributed by atoms with Gasteiger partial charge >= 0.3 is 0 Å². The van der Waals surface area contributed by atoms with Gasteiger partial charge in [-0.3, -0.25) is 9.58 Å². The van der Waals surface area contributed by atoms with Crippen LogP contribution >= 0.6 is 0 Å². The van der Waals surface area contributed by atoms with Gasteiger partial charge in [0.25, 0.3) is 0 Å². The fourth-order valence-corrected chi connectivity index (χ4v) is 3.19. The van der Waals surface area contributed by atoms with Crippen molar-refractivity contribution in [3.05, 3.63) is 36.4 Å². The number of aliphatic hydroxyl groups excluding tert-OH is 1. The average molecular weight is 342 g/mol. The third kappa shape index (κ3) is 3.47. The second-order valence-corrected chi connectivity index (χ2v) is 6.38. The van der Waals surface area contributed by atoms with E-state index >= 15 is 0 Å². The van der Waals surface area contributed by atoms with Crippen molar-refractivity contribution < 1.29 is 5.11 Å². The fourth-order valence-electron chi connectivity index (χ4n) is 3.19. The summed E-state index contributed by atoms with van der Waals surface area (Å²) in [6, 6.07) is 5.81. The summed E-state index contributed by atoms with van der Waals surface area (Å²) in [6.45, 7) is 6.65. The van der Waals surface area contributed by atoms with Gasteiger partial charge in [0.1, 0.15) is 5.82 Å². The molecule has 9 nitrogen and oxygen atoms in total. The van der Waals surface area contributed by atoms with Crippen LogP contribution in [-0.4, -0.2) is 78.4 Å². The van der Waals surface area contributed by atoms with Crippen LogP contribution in [-0.2, 0) is 6.54 Å². The van der Waals surface area contributed by atoms with Gasteiger partial charge in [0.15, 0.2) is 11.5 Å². The van der Waals surface area contributed by atoms with E-state index in [1.165, 1.54) is 0 Å². The molecule has 0 radical (unpaired) electrons. The standard InChI is InChI=1S/C16H22N8O/c1-13-18-19-15-3-4-16(20-24(13)15)22-9-7-21(8-10-22)11-14(25)12-23-6-2-5-17-23/h2-6,14,25H,7-12H2,1H3/t14-/m1/s1. The highest BCUT2D eigenvalue weighted by atomic mass is 16.3. The Hall–Kier alpha value is -2.52. The normalized spacial score (nSPS) is 17.3. The number of piperazine rings is 1. The van der Waals surface area contributed by atoms with Gasteiger partial charge in [0.05, 0.1) is 12.6 Å². The Labute approximate surface area is 145 Å². The molecule has 0 spiro atoms. The Balaban J connectivity index is 1.33. The summed E-state index contributed by atoms with van der Waals surface area (Å²) in [5, 5.41) is 27.1. The smallest absolute Gasteiger partial charge is 0.178 e. The molecule has 0 aromatic carbocycles. The summed E-state index contributed by atoms with van der Waals surface area (Å²) >= 11 is 0. The zero-order valence-electron chi connectivity index (χ0n) is 14.2. The van der Waals surface area contributed by atoms with Crippen molar-refractivity contribution in [3.8, 4) is 0 Å². The maximum absolute atomic E-state index is 10.2. The summed E-state index contributed by atoms with van der Waals surface area (Å²) in [6.07, 6.45) is 3.18.